The van der Waals surface area contributed by atoms with Crippen LogP contribution in [0, 0.1) is 0 Å². The fraction of sp³-hybridized carbons (Fsp3) is 0.231. The number of pyridine rings is 1. The number of thiocarbonyl (C=S) groups is 1. The Kier molecular flexibility index (Phi) is 4.35. The molecule has 2 N–H and O–H groups in total. The molecule has 0 saturated carbocycles. The van der Waals surface area contributed by atoms with Crippen LogP contribution in [-0.2, 0) is 6.42 Å². The summed E-state index contributed by atoms with van der Waals surface area (Å²) in [6.07, 6.45) is 4.20. The van der Waals surface area contributed by atoms with Gasteiger partial charge in [-0.15, -0.1) is 5.10 Å². The van der Waals surface area contributed by atoms with E-state index in [9.17, 15) is 0 Å². The molecule has 0 spiro atoms. The molecule has 0 atom stereocenters. The molecule has 0 radical (unpaired) electrons. The van der Waals surface area contributed by atoms with Crippen LogP contribution in [-0.4, -0.2) is 33.8 Å². The van der Waals surface area contributed by atoms with Crippen molar-refractivity contribution in [2.24, 2.45) is 5.73 Å². The van der Waals surface area contributed by atoms with E-state index in [1.54, 1.807) is 18.5 Å². The number of anilines is 1. The highest BCUT2D eigenvalue weighted by atomic mass is 32.1. The highest BCUT2D eigenvalue weighted by Crippen LogP contribution is 2.14. The number of likely N-dealkylation sites (N-methyl/N-ethyl adjacent to an activating group) is 1. The standard InChI is InChI=1S/C13H15N5S/c1-18(9-6-10-4-2-3-7-15-10)13-11(12(14)19)5-8-16-17-13/h2-5,7-8H,6,9H2,1H3,(H2,14,19). The molecule has 6 heteroatoms. The van der Waals surface area contributed by atoms with Crippen LogP contribution < -0.4 is 10.6 Å². The van der Waals surface area contributed by atoms with E-state index in [1.165, 1.54) is 0 Å². The van der Waals surface area contributed by atoms with Gasteiger partial charge in [-0.25, -0.2) is 0 Å². The van der Waals surface area contributed by atoms with Gasteiger partial charge in [-0.3, -0.25) is 4.98 Å². The molecule has 0 aromatic carbocycles. The van der Waals surface area contributed by atoms with Crippen molar-refractivity contribution in [1.29, 1.82) is 0 Å². The van der Waals surface area contributed by atoms with Crippen LogP contribution in [0.1, 0.15) is 11.3 Å². The maximum atomic E-state index is 5.68. The van der Waals surface area contributed by atoms with E-state index in [4.69, 9.17) is 18.0 Å². The molecular weight excluding hydrogens is 258 g/mol. The van der Waals surface area contributed by atoms with E-state index in [2.05, 4.69) is 15.2 Å². The van der Waals surface area contributed by atoms with E-state index >= 15 is 0 Å². The molecule has 0 aliphatic heterocycles. The van der Waals surface area contributed by atoms with Gasteiger partial charge in [0.05, 0.1) is 11.8 Å². The Morgan fingerprint density at radius 2 is 2.16 bits per heavy atom. The Hall–Kier alpha value is -2.08. The maximum absolute atomic E-state index is 5.68. The van der Waals surface area contributed by atoms with Crippen LogP contribution in [0.2, 0.25) is 0 Å². The predicted molar refractivity (Wildman–Crippen MR) is 79.1 cm³/mol. The van der Waals surface area contributed by atoms with Crippen molar-refractivity contribution < 1.29 is 0 Å². The first-order chi connectivity index (χ1) is 9.18. The van der Waals surface area contributed by atoms with Crippen LogP contribution in [0.25, 0.3) is 0 Å². The van der Waals surface area contributed by atoms with Crippen LogP contribution >= 0.6 is 12.2 Å². The van der Waals surface area contributed by atoms with Crippen molar-refractivity contribution in [3.63, 3.8) is 0 Å². The third-order valence-electron chi connectivity index (χ3n) is 2.76. The van der Waals surface area contributed by atoms with Crippen molar-refractivity contribution in [1.82, 2.24) is 15.2 Å². The minimum absolute atomic E-state index is 0.328. The maximum Gasteiger partial charge on any atom is 0.161 e. The second-order valence-corrected chi connectivity index (χ2v) is 4.57. The first-order valence-corrected chi connectivity index (χ1v) is 6.32. The van der Waals surface area contributed by atoms with Gasteiger partial charge in [-0.2, -0.15) is 5.10 Å². The number of nitrogens with two attached hydrogens (primary N) is 1. The van der Waals surface area contributed by atoms with Crippen LogP contribution in [0.15, 0.2) is 36.7 Å². The first kappa shape index (κ1) is 13.4. The lowest BCUT2D eigenvalue weighted by molar-refractivity contribution is 0.822. The molecule has 0 unspecified atom stereocenters. The lowest BCUT2D eigenvalue weighted by atomic mass is 10.2. The van der Waals surface area contributed by atoms with E-state index in [0.717, 1.165) is 24.2 Å². The molecule has 2 heterocycles. The molecular formula is C13H15N5S. The largest absolute Gasteiger partial charge is 0.389 e. The van der Waals surface area contributed by atoms with Crippen LogP contribution in [0.5, 0.6) is 0 Å². The summed E-state index contributed by atoms with van der Waals surface area (Å²) in [6, 6.07) is 7.66. The van der Waals surface area contributed by atoms with Gasteiger partial charge >= 0.3 is 0 Å². The number of rotatable bonds is 5. The summed E-state index contributed by atoms with van der Waals surface area (Å²) in [5.41, 5.74) is 7.47. The second kappa shape index (κ2) is 6.19. The van der Waals surface area contributed by atoms with Gasteiger partial charge < -0.3 is 10.6 Å². The van der Waals surface area contributed by atoms with Crippen molar-refractivity contribution in [3.05, 3.63) is 47.9 Å². The third-order valence-corrected chi connectivity index (χ3v) is 2.98. The van der Waals surface area contributed by atoms with Gasteiger partial charge in [0, 0.05) is 31.9 Å². The van der Waals surface area contributed by atoms with Gasteiger partial charge in [-0.1, -0.05) is 18.3 Å². The van der Waals surface area contributed by atoms with E-state index < -0.39 is 0 Å². The number of aromatic nitrogens is 3. The summed E-state index contributed by atoms with van der Waals surface area (Å²) in [6.45, 7) is 0.769. The number of hydrogen-bond donors (Lipinski definition) is 1. The molecule has 2 aromatic heterocycles. The van der Waals surface area contributed by atoms with Crippen molar-refractivity contribution >= 4 is 23.0 Å². The molecule has 0 saturated heterocycles. The van der Waals surface area contributed by atoms with Crippen molar-refractivity contribution in [3.8, 4) is 0 Å². The molecule has 0 amide bonds. The van der Waals surface area contributed by atoms with E-state index in [-0.39, 0.29) is 0 Å². The average Bonchev–Trinajstić information content (AvgIpc) is 2.46. The molecule has 19 heavy (non-hydrogen) atoms. The Balaban J connectivity index is 2.08. The Morgan fingerprint density at radius 1 is 1.32 bits per heavy atom. The van der Waals surface area contributed by atoms with Crippen molar-refractivity contribution in [2.45, 2.75) is 6.42 Å². The second-order valence-electron chi connectivity index (χ2n) is 4.13. The average molecular weight is 273 g/mol. The minimum Gasteiger partial charge on any atom is -0.389 e. The molecule has 0 aliphatic rings. The van der Waals surface area contributed by atoms with Crippen LogP contribution in [0.3, 0.4) is 0 Å². The topological polar surface area (TPSA) is 67.9 Å². The summed E-state index contributed by atoms with van der Waals surface area (Å²) in [4.78, 5) is 6.60. The normalized spacial score (nSPS) is 10.2. The smallest absolute Gasteiger partial charge is 0.161 e. The SMILES string of the molecule is CN(CCc1ccccn1)c1nnccc1C(N)=S. The molecule has 98 valence electrons. The fourth-order valence-corrected chi connectivity index (χ4v) is 1.89. The van der Waals surface area contributed by atoms with Crippen molar-refractivity contribution in [2.75, 3.05) is 18.5 Å². The molecule has 0 aliphatic carbocycles. The van der Waals surface area contributed by atoms with Gasteiger partial charge in [-0.05, 0) is 18.2 Å². The quantitative estimate of drug-likeness (QED) is 0.825. The molecule has 0 bridgehead atoms. The highest BCUT2D eigenvalue weighted by Gasteiger charge is 2.11. The zero-order valence-electron chi connectivity index (χ0n) is 10.7. The van der Waals surface area contributed by atoms with E-state index in [0.29, 0.717) is 10.8 Å². The summed E-state index contributed by atoms with van der Waals surface area (Å²) >= 11 is 5.02. The Labute approximate surface area is 117 Å². The molecule has 2 rings (SSSR count). The zero-order valence-corrected chi connectivity index (χ0v) is 11.5. The third kappa shape index (κ3) is 3.45. The first-order valence-electron chi connectivity index (χ1n) is 5.91. The van der Waals surface area contributed by atoms with Gasteiger partial charge in [0.2, 0.25) is 0 Å². The predicted octanol–water partition coefficient (Wildman–Crippen LogP) is 1.18. The molecule has 0 fully saturated rings. The van der Waals surface area contributed by atoms with Gasteiger partial charge in [0.1, 0.15) is 4.99 Å². The van der Waals surface area contributed by atoms with Gasteiger partial charge in [0.15, 0.2) is 5.82 Å². The number of nitrogens with zero attached hydrogens (tertiary/aromatic N) is 4. The Bertz CT molecular complexity index is 558. The van der Waals surface area contributed by atoms with Crippen LogP contribution in [0.4, 0.5) is 5.82 Å². The summed E-state index contributed by atoms with van der Waals surface area (Å²) in [5.74, 6) is 0.700. The summed E-state index contributed by atoms with van der Waals surface area (Å²) in [5, 5.41) is 7.98. The minimum atomic E-state index is 0.328. The van der Waals surface area contributed by atoms with E-state index in [1.807, 2.05) is 30.1 Å². The molecule has 2 aromatic rings. The lowest BCUT2D eigenvalue weighted by Crippen LogP contribution is -2.25. The Morgan fingerprint density at radius 3 is 2.84 bits per heavy atom. The van der Waals surface area contributed by atoms with Gasteiger partial charge in [0.25, 0.3) is 0 Å². The lowest BCUT2D eigenvalue weighted by Gasteiger charge is -2.19. The molecule has 5 nitrogen and oxygen atoms in total. The zero-order chi connectivity index (χ0) is 13.7. The summed E-state index contributed by atoms with van der Waals surface area (Å²) in [7, 11) is 1.94. The summed E-state index contributed by atoms with van der Waals surface area (Å²) < 4.78 is 0. The fourth-order valence-electron chi connectivity index (χ4n) is 1.73. The number of hydrogen-bond acceptors (Lipinski definition) is 5. The monoisotopic (exact) mass is 273 g/mol. The highest BCUT2D eigenvalue weighted by molar-refractivity contribution is 7.80.